The molecule has 0 spiro atoms. The summed E-state index contributed by atoms with van der Waals surface area (Å²) in [7, 11) is 2.00. The molecule has 6 aliphatic heterocycles. The molecule has 7 atom stereocenters. The smallest absolute Gasteiger partial charge is 0.493 e. The quantitative estimate of drug-likeness (QED) is 0.0164. The van der Waals surface area contributed by atoms with E-state index in [0.29, 0.717) is 89.0 Å². The number of quaternary nitrogens is 1. The maximum Gasteiger partial charge on any atom is 0.501 e. The van der Waals surface area contributed by atoms with Crippen molar-refractivity contribution < 1.29 is 113 Å². The fraction of sp³-hybridized carbons (Fsp3) is 0.385. The van der Waals surface area contributed by atoms with Crippen LogP contribution in [0.25, 0.3) is 0 Å². The number of methoxy groups -OCH3 is 2. The zero-order valence-electron chi connectivity index (χ0n) is 61.6. The highest BCUT2D eigenvalue weighted by Crippen LogP contribution is 2.43. The van der Waals surface area contributed by atoms with Crippen LogP contribution in [0.1, 0.15) is 80.6 Å². The first-order chi connectivity index (χ1) is 54.0. The first-order valence-corrected chi connectivity index (χ1v) is 39.2. The molecule has 0 aliphatic carbocycles. The number of hydrogen-bond donors (Lipinski definition) is 6. The number of thiophene rings is 2. The number of benzene rings is 5. The van der Waals surface area contributed by atoms with Gasteiger partial charge in [-0.2, -0.15) is 0 Å². The van der Waals surface area contributed by atoms with E-state index in [1.54, 1.807) is 59.1 Å². The van der Waals surface area contributed by atoms with Gasteiger partial charge in [0, 0.05) is 109 Å². The molecule has 34 heteroatoms. The van der Waals surface area contributed by atoms with E-state index in [9.17, 15) is 57.6 Å². The van der Waals surface area contributed by atoms with E-state index in [4.69, 9.17) is 61.0 Å². The molecule has 0 radical (unpaired) electrons. The highest BCUT2D eigenvalue weighted by Gasteiger charge is 2.46. The molecule has 2 aromatic heterocycles. The highest BCUT2D eigenvalue weighted by atomic mass is 32.3. The summed E-state index contributed by atoms with van der Waals surface area (Å²) in [5.74, 6) is -1.88. The monoisotopic (exact) mass is 1600 g/mol. The van der Waals surface area contributed by atoms with Gasteiger partial charge < -0.3 is 96.3 Å². The number of carbonyl (C=O) groups is 6. The number of imide groups is 1. The lowest BCUT2D eigenvalue weighted by Crippen LogP contribution is -2.60. The molecule has 112 heavy (non-hydrogen) atoms. The molecule has 0 bridgehead atoms. The maximum atomic E-state index is 14.2. The molecule has 7 aromatic rings. The van der Waals surface area contributed by atoms with E-state index < -0.39 is 76.9 Å². The lowest BCUT2D eigenvalue weighted by Gasteiger charge is -2.39. The van der Waals surface area contributed by atoms with Crippen molar-refractivity contribution in [2.45, 2.75) is 101 Å². The van der Waals surface area contributed by atoms with E-state index in [2.05, 4.69) is 22.8 Å². The molecule has 31 nitrogen and oxygen atoms in total. The molecule has 5 aromatic carbocycles. The van der Waals surface area contributed by atoms with Crippen LogP contribution >= 0.6 is 22.7 Å². The van der Waals surface area contributed by atoms with E-state index in [-0.39, 0.29) is 120 Å². The van der Waals surface area contributed by atoms with Crippen LogP contribution in [0.4, 0.5) is 11.4 Å². The van der Waals surface area contributed by atoms with Crippen LogP contribution in [0.5, 0.6) is 40.2 Å². The second-order valence-corrected chi connectivity index (χ2v) is 30.9. The topological polar surface area (TPSA) is 378 Å². The Labute approximate surface area is 653 Å². The SMILES string of the molecule is COc1cc2c(cc1OCc1cc(COc3cc4c(cc3OC)C(=O)N3Cc5ccsc5C[C@H]3C=N4)cc(C[N+](C)(C)Cc3ccc(OS(=O)(=O)Oc4cc(C(=O)NCCOCCNC(=O)CCOCCOCCN5C(=O)C=CC5=O)ccc4OC4O[C@H](CO)[C@H](O)[C@H](O)[C@H]4O)cc3)c1)N=C[C@@H]1Cc3sccc3CN1C2=O. The summed E-state index contributed by atoms with van der Waals surface area (Å²) in [6.45, 7) is 2.10. The number of rotatable bonds is 35. The van der Waals surface area contributed by atoms with E-state index in [1.807, 2.05) is 65.3 Å². The van der Waals surface area contributed by atoms with Gasteiger partial charge in [-0.15, -0.1) is 31.1 Å². The number of aliphatic hydroxyl groups excluding tert-OH is 4. The summed E-state index contributed by atoms with van der Waals surface area (Å²) < 4.78 is 91.8. The van der Waals surface area contributed by atoms with Crippen molar-refractivity contribution in [3.8, 4) is 40.2 Å². The van der Waals surface area contributed by atoms with Gasteiger partial charge in [0.2, 0.25) is 12.2 Å². The van der Waals surface area contributed by atoms with Crippen LogP contribution in [0.15, 0.2) is 130 Å². The Morgan fingerprint density at radius 3 is 1.73 bits per heavy atom. The number of aliphatic hydroxyl groups is 4. The second-order valence-electron chi connectivity index (χ2n) is 27.8. The Kier molecular flexibility index (Phi) is 25.4. The van der Waals surface area contributed by atoms with Crippen molar-refractivity contribution in [2.24, 2.45) is 9.98 Å². The molecule has 592 valence electrons. The summed E-state index contributed by atoms with van der Waals surface area (Å²) in [5.41, 5.74) is 7.02. The predicted molar refractivity (Wildman–Crippen MR) is 406 cm³/mol. The number of aliphatic imine (C=N–C) groups is 2. The number of fused-ring (bicyclic) bond motifs is 6. The Balaban J connectivity index is 0.655. The molecular formula is C78H85N8O23S3+. The third-order valence-electron chi connectivity index (χ3n) is 19.3. The summed E-state index contributed by atoms with van der Waals surface area (Å²) in [6.07, 6.45) is -1.27. The van der Waals surface area contributed by atoms with Crippen LogP contribution in [-0.2, 0) is 96.0 Å². The molecule has 6 N–H and O–H groups in total. The van der Waals surface area contributed by atoms with Gasteiger partial charge in [0.05, 0.1) is 116 Å². The fourth-order valence-electron chi connectivity index (χ4n) is 13.7. The second kappa shape index (κ2) is 35.6. The average molecular weight is 1600 g/mol. The van der Waals surface area contributed by atoms with Gasteiger partial charge in [-0.1, -0.05) is 0 Å². The molecule has 1 fully saturated rings. The van der Waals surface area contributed by atoms with Gasteiger partial charge in [0.15, 0.2) is 34.5 Å². The van der Waals surface area contributed by atoms with Gasteiger partial charge in [0.25, 0.3) is 29.5 Å². The third kappa shape index (κ3) is 19.3. The zero-order valence-corrected chi connectivity index (χ0v) is 64.1. The molecule has 1 saturated heterocycles. The van der Waals surface area contributed by atoms with E-state index in [0.717, 1.165) is 50.4 Å². The number of carbonyl (C=O) groups excluding carboxylic acids is 6. The van der Waals surface area contributed by atoms with Crippen molar-refractivity contribution >= 4 is 92.3 Å². The van der Waals surface area contributed by atoms with Crippen molar-refractivity contribution in [3.63, 3.8) is 0 Å². The fourth-order valence-corrected chi connectivity index (χ4v) is 16.3. The lowest BCUT2D eigenvalue weighted by molar-refractivity contribution is -0.916. The van der Waals surface area contributed by atoms with Gasteiger partial charge in [-0.05, 0) is 118 Å². The van der Waals surface area contributed by atoms with Crippen molar-refractivity contribution in [1.29, 1.82) is 0 Å². The first-order valence-electron chi connectivity index (χ1n) is 36.1. The van der Waals surface area contributed by atoms with Crippen molar-refractivity contribution in [3.05, 3.63) is 180 Å². The Morgan fingerprint density at radius 2 is 1.15 bits per heavy atom. The van der Waals surface area contributed by atoms with Gasteiger partial charge in [-0.3, -0.25) is 43.7 Å². The van der Waals surface area contributed by atoms with Crippen molar-refractivity contribution in [2.75, 3.05) is 94.2 Å². The van der Waals surface area contributed by atoms with Gasteiger partial charge in [0.1, 0.15) is 56.5 Å². The number of nitrogens with one attached hydrogen (secondary N) is 2. The third-order valence-corrected chi connectivity index (χ3v) is 22.1. The summed E-state index contributed by atoms with van der Waals surface area (Å²) in [5, 5.41) is 51.1. The Morgan fingerprint density at radius 1 is 0.598 bits per heavy atom. The minimum atomic E-state index is -5.09. The predicted octanol–water partition coefficient (Wildman–Crippen LogP) is 5.42. The summed E-state index contributed by atoms with van der Waals surface area (Å²) in [6, 6.07) is 26.2. The minimum Gasteiger partial charge on any atom is -0.493 e. The molecule has 6 aliphatic rings. The lowest BCUT2D eigenvalue weighted by atomic mass is 9.99. The largest absolute Gasteiger partial charge is 0.501 e. The van der Waals surface area contributed by atoms with Gasteiger partial charge in [-0.25, -0.2) is 0 Å². The zero-order chi connectivity index (χ0) is 78.8. The molecule has 6 amide bonds. The van der Waals surface area contributed by atoms with Crippen LogP contribution in [0.2, 0.25) is 0 Å². The number of ether oxygens (including phenoxy) is 9. The van der Waals surface area contributed by atoms with Crippen LogP contribution in [0, 0.1) is 0 Å². The molecule has 1 unspecified atom stereocenters. The Hall–Kier alpha value is -10.2. The summed E-state index contributed by atoms with van der Waals surface area (Å²) >= 11 is 3.35. The van der Waals surface area contributed by atoms with Crippen LogP contribution < -0.4 is 42.7 Å². The van der Waals surface area contributed by atoms with Gasteiger partial charge >= 0.3 is 10.4 Å². The minimum absolute atomic E-state index is 0.00448. The first kappa shape index (κ1) is 79.9. The van der Waals surface area contributed by atoms with E-state index >= 15 is 0 Å². The average Bonchev–Trinajstić information content (AvgIpc) is 1.60. The Bertz CT molecular complexity index is 4680. The van der Waals surface area contributed by atoms with Crippen LogP contribution in [-0.4, -0.2) is 233 Å². The number of amides is 6. The normalized spacial score (nSPS) is 19.7. The van der Waals surface area contributed by atoms with Crippen molar-refractivity contribution in [1.82, 2.24) is 25.3 Å². The molecular weight excluding hydrogens is 1510 g/mol. The maximum absolute atomic E-state index is 14.2. The molecule has 8 heterocycles. The van der Waals surface area contributed by atoms with E-state index in [1.165, 1.54) is 54.3 Å². The molecule has 13 rings (SSSR count). The number of hydrogen-bond acceptors (Lipinski definition) is 27. The van der Waals surface area contributed by atoms with Crippen LogP contribution in [0.3, 0.4) is 0 Å². The molecule has 0 saturated carbocycles. The number of nitrogens with zero attached hydrogens (tertiary/aromatic N) is 6. The highest BCUT2D eigenvalue weighted by molar-refractivity contribution is 7.82. The standard InChI is InChI=1S/C78H84N8O23S3/c1-86(2,41-46-5-8-55(9-6-46)108-112(97,98)109-65-30-50(7-10-60(65)106-78-74(93)73(92)72(91)66(43-87)107-78)75(94)80-17-21-102-20-16-79-69(88)13-19-101-23-24-103-22-18-83-70(89)11-12-71(83)90)42-47-27-48(44-104-63-35-58-56(33-61(63)99-3)76(95)84-39-51-14-25-110-67(51)31-53(84)37-81-58)29-49(28-47)45-105-64-36-59-57(34-62(64)100-4)77(96)85-40-52-15-26-111-68(52)32-54(85)38-82-59/h5-12,14-15,25-30,33-38,53-54,66,72-74,78,87,91-93H,13,16-24,31-32,39-45H2,1-4H3,(H-,79,80,88,94)/p+1/t53-,54-,66+,72-,73-,74+,78?/m0/s1. The summed E-state index contributed by atoms with van der Waals surface area (Å²) in [4.78, 5) is 94.4.